The molecule has 8 heteroatoms. The standard InChI is InChI=1S/C25H24FN5O2/c1-4-5-11-19-20(16-9-7-6-8-10-16)30(18-14-12-17(26)13-15-18)24-27-22-21(31(19)24)23(32)29(3)25(33)28(22)2/h6-10,12-15H,4-5,11H2,1-3H3. The van der Waals surface area contributed by atoms with Gasteiger partial charge in [0.15, 0.2) is 11.2 Å². The molecule has 0 fully saturated rings. The van der Waals surface area contributed by atoms with Crippen LogP contribution >= 0.6 is 0 Å². The molecule has 33 heavy (non-hydrogen) atoms. The summed E-state index contributed by atoms with van der Waals surface area (Å²) in [6, 6.07) is 16.1. The van der Waals surface area contributed by atoms with Gasteiger partial charge < -0.3 is 0 Å². The zero-order valence-electron chi connectivity index (χ0n) is 18.7. The van der Waals surface area contributed by atoms with Crippen molar-refractivity contribution in [1.29, 1.82) is 0 Å². The number of halogens is 1. The van der Waals surface area contributed by atoms with Crippen LogP contribution in [0.15, 0.2) is 64.2 Å². The van der Waals surface area contributed by atoms with Crippen molar-refractivity contribution in [2.24, 2.45) is 14.1 Å². The number of aromatic nitrogens is 5. The Labute approximate surface area is 189 Å². The van der Waals surface area contributed by atoms with Crippen molar-refractivity contribution in [1.82, 2.24) is 23.1 Å². The predicted octanol–water partition coefficient (Wildman–Crippen LogP) is 3.82. The number of fused-ring (bicyclic) bond motifs is 3. The van der Waals surface area contributed by atoms with Gasteiger partial charge in [-0.25, -0.2) is 9.18 Å². The van der Waals surface area contributed by atoms with E-state index in [9.17, 15) is 14.0 Å². The number of rotatable bonds is 5. The van der Waals surface area contributed by atoms with E-state index in [1.54, 1.807) is 19.2 Å². The Balaban J connectivity index is 2.03. The Bertz CT molecular complexity index is 1610. The lowest BCUT2D eigenvalue weighted by molar-refractivity contribution is 0.627. The molecule has 5 aromatic rings. The van der Waals surface area contributed by atoms with Gasteiger partial charge in [-0.05, 0) is 37.1 Å². The molecular weight excluding hydrogens is 421 g/mol. The Morgan fingerprint density at radius 2 is 1.64 bits per heavy atom. The maximum atomic E-state index is 13.8. The monoisotopic (exact) mass is 445 g/mol. The summed E-state index contributed by atoms with van der Waals surface area (Å²) >= 11 is 0. The Kier molecular flexibility index (Phi) is 5.00. The maximum absolute atomic E-state index is 13.8. The highest BCUT2D eigenvalue weighted by molar-refractivity contribution is 5.81. The number of nitrogens with zero attached hydrogens (tertiary/aromatic N) is 5. The Hall–Kier alpha value is -3.94. The SMILES string of the molecule is CCCCc1c(-c2ccccc2)n(-c2ccc(F)cc2)c2nc3c(c(=O)n(C)c(=O)n3C)n12. The van der Waals surface area contributed by atoms with Crippen LogP contribution in [-0.4, -0.2) is 23.1 Å². The third kappa shape index (κ3) is 3.13. The Morgan fingerprint density at radius 1 is 0.939 bits per heavy atom. The van der Waals surface area contributed by atoms with Crippen molar-refractivity contribution in [2.75, 3.05) is 0 Å². The van der Waals surface area contributed by atoms with E-state index in [2.05, 4.69) is 6.92 Å². The first kappa shape index (κ1) is 20.9. The van der Waals surface area contributed by atoms with E-state index < -0.39 is 11.2 Å². The molecule has 2 aromatic carbocycles. The second kappa shape index (κ2) is 7.88. The molecule has 3 heterocycles. The van der Waals surface area contributed by atoms with Crippen LogP contribution in [0.1, 0.15) is 25.5 Å². The van der Waals surface area contributed by atoms with Crippen molar-refractivity contribution in [3.05, 3.63) is 86.9 Å². The van der Waals surface area contributed by atoms with E-state index in [-0.39, 0.29) is 5.82 Å². The lowest BCUT2D eigenvalue weighted by atomic mass is 10.1. The minimum absolute atomic E-state index is 0.325. The van der Waals surface area contributed by atoms with Gasteiger partial charge in [-0.2, -0.15) is 4.98 Å². The summed E-state index contributed by atoms with van der Waals surface area (Å²) in [5.41, 5.74) is 3.38. The normalized spacial score (nSPS) is 11.6. The fourth-order valence-electron chi connectivity index (χ4n) is 4.43. The largest absolute Gasteiger partial charge is 0.332 e. The molecule has 0 aliphatic heterocycles. The third-order valence-corrected chi connectivity index (χ3v) is 6.11. The molecule has 0 unspecified atom stereocenters. The fraction of sp³-hybridized carbons (Fsp3) is 0.240. The molecule has 0 spiro atoms. The molecule has 0 radical (unpaired) electrons. The van der Waals surface area contributed by atoms with Crippen LogP contribution < -0.4 is 11.2 Å². The smallest absolute Gasteiger partial charge is 0.279 e. The van der Waals surface area contributed by atoms with Gasteiger partial charge in [0, 0.05) is 25.3 Å². The van der Waals surface area contributed by atoms with E-state index in [4.69, 9.17) is 4.98 Å². The molecule has 0 saturated heterocycles. The van der Waals surface area contributed by atoms with E-state index in [0.29, 0.717) is 23.4 Å². The highest BCUT2D eigenvalue weighted by Crippen LogP contribution is 2.34. The predicted molar refractivity (Wildman–Crippen MR) is 127 cm³/mol. The van der Waals surface area contributed by atoms with Gasteiger partial charge in [-0.15, -0.1) is 0 Å². The highest BCUT2D eigenvalue weighted by Gasteiger charge is 2.26. The van der Waals surface area contributed by atoms with Crippen LogP contribution in [0, 0.1) is 5.82 Å². The van der Waals surface area contributed by atoms with Gasteiger partial charge in [-0.3, -0.25) is 22.9 Å². The average Bonchev–Trinajstić information content (AvgIpc) is 3.36. The summed E-state index contributed by atoms with van der Waals surface area (Å²) in [6.07, 6.45) is 2.59. The van der Waals surface area contributed by atoms with E-state index >= 15 is 0 Å². The van der Waals surface area contributed by atoms with Crippen molar-refractivity contribution in [2.45, 2.75) is 26.2 Å². The van der Waals surface area contributed by atoms with Crippen LogP contribution in [0.2, 0.25) is 0 Å². The molecule has 7 nitrogen and oxygen atoms in total. The van der Waals surface area contributed by atoms with Crippen LogP contribution in [0.4, 0.5) is 4.39 Å². The minimum atomic E-state index is -0.431. The number of unbranched alkanes of at least 4 members (excludes halogenated alkanes) is 1. The van der Waals surface area contributed by atoms with Gasteiger partial charge in [0.1, 0.15) is 5.82 Å². The Morgan fingerprint density at radius 3 is 2.30 bits per heavy atom. The summed E-state index contributed by atoms with van der Waals surface area (Å²) in [5, 5.41) is 0. The van der Waals surface area contributed by atoms with Crippen LogP contribution in [0.3, 0.4) is 0 Å². The first-order valence-electron chi connectivity index (χ1n) is 11.0. The van der Waals surface area contributed by atoms with E-state index in [0.717, 1.165) is 40.0 Å². The molecule has 168 valence electrons. The van der Waals surface area contributed by atoms with Crippen LogP contribution in [0.25, 0.3) is 33.9 Å². The zero-order valence-corrected chi connectivity index (χ0v) is 18.7. The van der Waals surface area contributed by atoms with Gasteiger partial charge in [0.05, 0.1) is 11.4 Å². The molecule has 3 aromatic heterocycles. The second-order valence-corrected chi connectivity index (χ2v) is 8.20. The van der Waals surface area contributed by atoms with Crippen molar-refractivity contribution in [3.8, 4) is 16.9 Å². The first-order chi connectivity index (χ1) is 15.9. The van der Waals surface area contributed by atoms with Gasteiger partial charge in [-0.1, -0.05) is 43.7 Å². The summed E-state index contributed by atoms with van der Waals surface area (Å²) in [6.45, 7) is 2.12. The number of hydrogen-bond acceptors (Lipinski definition) is 3. The van der Waals surface area contributed by atoms with Crippen molar-refractivity contribution >= 4 is 16.9 Å². The maximum Gasteiger partial charge on any atom is 0.332 e. The van der Waals surface area contributed by atoms with Crippen LogP contribution in [0.5, 0.6) is 0 Å². The molecule has 0 N–H and O–H groups in total. The highest BCUT2D eigenvalue weighted by atomic mass is 19.1. The third-order valence-electron chi connectivity index (χ3n) is 6.11. The number of benzene rings is 2. The minimum Gasteiger partial charge on any atom is -0.279 e. The van der Waals surface area contributed by atoms with Crippen LogP contribution in [-0.2, 0) is 20.5 Å². The quantitative estimate of drug-likeness (QED) is 0.413. The van der Waals surface area contributed by atoms with Gasteiger partial charge in [0.25, 0.3) is 5.56 Å². The van der Waals surface area contributed by atoms with E-state index in [1.807, 2.05) is 39.3 Å². The van der Waals surface area contributed by atoms with Gasteiger partial charge >= 0.3 is 5.69 Å². The number of hydrogen-bond donors (Lipinski definition) is 0. The fourth-order valence-corrected chi connectivity index (χ4v) is 4.43. The molecule has 5 rings (SSSR count). The van der Waals surface area contributed by atoms with Crippen molar-refractivity contribution in [3.63, 3.8) is 0 Å². The molecule has 0 saturated carbocycles. The summed E-state index contributed by atoms with van der Waals surface area (Å²) in [5.74, 6) is 0.180. The summed E-state index contributed by atoms with van der Waals surface area (Å²) in [4.78, 5) is 30.6. The summed E-state index contributed by atoms with van der Waals surface area (Å²) in [7, 11) is 3.09. The molecule has 0 atom stereocenters. The number of aryl methyl sites for hydroxylation is 2. The molecule has 0 bridgehead atoms. The number of imidazole rings is 2. The topological polar surface area (TPSA) is 66.2 Å². The second-order valence-electron chi connectivity index (χ2n) is 8.20. The lowest BCUT2D eigenvalue weighted by Gasteiger charge is -2.12. The molecule has 0 aliphatic rings. The molecular formula is C25H24FN5O2. The van der Waals surface area contributed by atoms with Crippen molar-refractivity contribution < 1.29 is 4.39 Å². The average molecular weight is 445 g/mol. The zero-order chi connectivity index (χ0) is 23.3. The first-order valence-corrected chi connectivity index (χ1v) is 11.0. The van der Waals surface area contributed by atoms with E-state index in [1.165, 1.54) is 23.7 Å². The summed E-state index contributed by atoms with van der Waals surface area (Å²) < 4.78 is 20.1. The van der Waals surface area contributed by atoms with Gasteiger partial charge in [0.2, 0.25) is 5.78 Å². The lowest BCUT2D eigenvalue weighted by Crippen LogP contribution is -2.37. The molecule has 0 amide bonds. The molecule has 0 aliphatic carbocycles.